The predicted molar refractivity (Wildman–Crippen MR) is 80.2 cm³/mol. The highest BCUT2D eigenvalue weighted by Gasteiger charge is 2.16. The molecule has 0 spiro atoms. The molecule has 1 rings (SSSR count). The number of methoxy groups -OCH3 is 1. The average Bonchev–Trinajstić information content (AvgIpc) is 2.35. The number of aliphatic hydroxyl groups excluding tert-OH is 1. The normalized spacial score (nSPS) is 14.2. The summed E-state index contributed by atoms with van der Waals surface area (Å²) in [5.74, 6) is 0.613. The molecule has 2 atom stereocenters. The van der Waals surface area contributed by atoms with Crippen molar-refractivity contribution in [1.29, 1.82) is 0 Å². The first-order chi connectivity index (χ1) is 8.99. The Labute approximate surface area is 124 Å². The van der Waals surface area contributed by atoms with Crippen molar-refractivity contribution in [3.05, 3.63) is 27.7 Å². The van der Waals surface area contributed by atoms with Crippen molar-refractivity contribution in [3.63, 3.8) is 0 Å². The number of halogens is 2. The van der Waals surface area contributed by atoms with Crippen LogP contribution in [0.15, 0.2) is 12.1 Å². The minimum atomic E-state index is -0.526. The molecule has 0 bridgehead atoms. The molecule has 1 aromatic rings. The highest BCUT2D eigenvalue weighted by molar-refractivity contribution is 6.35. The summed E-state index contributed by atoms with van der Waals surface area (Å²) in [6.07, 6.45) is 2.44. The van der Waals surface area contributed by atoms with E-state index in [-0.39, 0.29) is 6.04 Å². The maximum atomic E-state index is 9.98. The third-order valence-electron chi connectivity index (χ3n) is 3.12. The van der Waals surface area contributed by atoms with Gasteiger partial charge in [0.05, 0.1) is 18.2 Å². The van der Waals surface area contributed by atoms with Crippen LogP contribution in [0.1, 0.15) is 31.7 Å². The smallest absolute Gasteiger partial charge is 0.140 e. The van der Waals surface area contributed by atoms with Crippen molar-refractivity contribution in [1.82, 2.24) is 0 Å². The highest BCUT2D eigenvalue weighted by atomic mass is 35.5. The fraction of sp³-hybridized carbons (Fsp3) is 0.571. The maximum absolute atomic E-state index is 9.98. The lowest BCUT2D eigenvalue weighted by molar-refractivity contribution is 0.131. The number of hydrogen-bond donors (Lipinski definition) is 2. The zero-order valence-corrected chi connectivity index (χ0v) is 12.8. The molecule has 2 unspecified atom stereocenters. The Hall–Kier alpha value is -0.480. The van der Waals surface area contributed by atoms with Crippen LogP contribution in [0, 0.1) is 0 Å². The fourth-order valence-corrected chi connectivity index (χ4v) is 2.68. The molecule has 0 radical (unpaired) electrons. The van der Waals surface area contributed by atoms with Gasteiger partial charge in [-0.25, -0.2) is 0 Å². The minimum Gasteiger partial charge on any atom is -0.495 e. The number of nitrogens with two attached hydrogens (primary N) is 1. The van der Waals surface area contributed by atoms with Gasteiger partial charge in [0.15, 0.2) is 0 Å². The van der Waals surface area contributed by atoms with Gasteiger partial charge in [0, 0.05) is 11.1 Å². The van der Waals surface area contributed by atoms with E-state index in [2.05, 4.69) is 0 Å². The summed E-state index contributed by atoms with van der Waals surface area (Å²) >= 11 is 12.0. The van der Waals surface area contributed by atoms with Gasteiger partial charge in [-0.2, -0.15) is 0 Å². The Morgan fingerprint density at radius 2 is 2.00 bits per heavy atom. The first-order valence-electron chi connectivity index (χ1n) is 6.45. The monoisotopic (exact) mass is 305 g/mol. The molecule has 19 heavy (non-hydrogen) atoms. The van der Waals surface area contributed by atoms with Gasteiger partial charge < -0.3 is 15.6 Å². The summed E-state index contributed by atoms with van der Waals surface area (Å²) in [6.45, 7) is 2.05. The average molecular weight is 306 g/mol. The molecule has 0 aliphatic carbocycles. The predicted octanol–water partition coefficient (Wildman–Crippen LogP) is 3.42. The molecule has 108 valence electrons. The van der Waals surface area contributed by atoms with Crippen LogP contribution in [-0.4, -0.2) is 24.4 Å². The molecule has 1 aromatic carbocycles. The Balaban J connectivity index is 2.72. The summed E-state index contributed by atoms with van der Waals surface area (Å²) in [6, 6.07) is 3.26. The molecule has 0 heterocycles. The summed E-state index contributed by atoms with van der Waals surface area (Å²) in [4.78, 5) is 0. The van der Waals surface area contributed by atoms with Crippen LogP contribution in [-0.2, 0) is 6.42 Å². The lowest BCUT2D eigenvalue weighted by Crippen LogP contribution is -2.34. The van der Waals surface area contributed by atoms with Crippen LogP contribution in [0.3, 0.4) is 0 Å². The standard InChI is InChI=1S/C14H21Cl2NO2/c1-3-4-12(17)13(18)6-5-9-7-10(15)8-11(16)14(9)19-2/h7-8,12-13,18H,3-6,17H2,1-2H3. The van der Waals surface area contributed by atoms with Crippen LogP contribution >= 0.6 is 23.2 Å². The van der Waals surface area contributed by atoms with Crippen molar-refractivity contribution in [2.45, 2.75) is 44.8 Å². The van der Waals surface area contributed by atoms with Crippen molar-refractivity contribution in [2.75, 3.05) is 7.11 Å². The number of aliphatic hydroxyl groups is 1. The number of hydrogen-bond acceptors (Lipinski definition) is 3. The van der Waals surface area contributed by atoms with Crippen LogP contribution in [0.4, 0.5) is 0 Å². The molecule has 3 nitrogen and oxygen atoms in total. The van der Waals surface area contributed by atoms with Crippen LogP contribution in [0.5, 0.6) is 5.75 Å². The minimum absolute atomic E-state index is 0.189. The molecule has 0 fully saturated rings. The van der Waals surface area contributed by atoms with E-state index in [9.17, 15) is 5.11 Å². The third kappa shape index (κ3) is 4.84. The summed E-state index contributed by atoms with van der Waals surface area (Å²) in [5.41, 5.74) is 6.78. The molecule has 5 heteroatoms. The molecule has 0 amide bonds. The van der Waals surface area contributed by atoms with Crippen molar-refractivity contribution in [2.24, 2.45) is 5.73 Å². The SMILES string of the molecule is CCCC(N)C(O)CCc1cc(Cl)cc(Cl)c1OC. The topological polar surface area (TPSA) is 55.5 Å². The number of rotatable bonds is 7. The zero-order valence-electron chi connectivity index (χ0n) is 11.3. The lowest BCUT2D eigenvalue weighted by Gasteiger charge is -2.19. The van der Waals surface area contributed by atoms with Gasteiger partial charge in [0.1, 0.15) is 5.75 Å². The Kier molecular flexibility index (Phi) is 6.94. The van der Waals surface area contributed by atoms with Crippen molar-refractivity contribution in [3.8, 4) is 5.75 Å². The lowest BCUT2D eigenvalue weighted by atomic mass is 9.99. The van der Waals surface area contributed by atoms with Gasteiger partial charge in [0.2, 0.25) is 0 Å². The van der Waals surface area contributed by atoms with Gasteiger partial charge in [-0.15, -0.1) is 0 Å². The van der Waals surface area contributed by atoms with E-state index in [1.807, 2.05) is 13.0 Å². The maximum Gasteiger partial charge on any atom is 0.140 e. The van der Waals surface area contributed by atoms with Crippen molar-refractivity contribution < 1.29 is 9.84 Å². The van der Waals surface area contributed by atoms with E-state index < -0.39 is 6.10 Å². The van der Waals surface area contributed by atoms with Gasteiger partial charge in [-0.1, -0.05) is 36.5 Å². The molecular formula is C14H21Cl2NO2. The first-order valence-corrected chi connectivity index (χ1v) is 7.20. The number of benzene rings is 1. The third-order valence-corrected chi connectivity index (χ3v) is 3.61. The summed E-state index contributed by atoms with van der Waals surface area (Å²) in [7, 11) is 1.57. The second kappa shape index (κ2) is 7.95. The van der Waals surface area contributed by atoms with Crippen LogP contribution in [0.2, 0.25) is 10.0 Å². The molecular weight excluding hydrogens is 285 g/mol. The Morgan fingerprint density at radius 1 is 1.32 bits per heavy atom. The summed E-state index contributed by atoms with van der Waals surface area (Å²) in [5, 5.41) is 11.0. The Morgan fingerprint density at radius 3 is 2.58 bits per heavy atom. The molecule has 0 saturated carbocycles. The molecule has 0 saturated heterocycles. The van der Waals surface area contributed by atoms with E-state index >= 15 is 0 Å². The van der Waals surface area contributed by atoms with Gasteiger partial charge >= 0.3 is 0 Å². The van der Waals surface area contributed by atoms with E-state index in [0.29, 0.717) is 28.6 Å². The van der Waals surface area contributed by atoms with E-state index in [1.165, 1.54) is 0 Å². The largest absolute Gasteiger partial charge is 0.495 e. The quantitative estimate of drug-likeness (QED) is 0.811. The highest BCUT2D eigenvalue weighted by Crippen LogP contribution is 2.33. The van der Waals surface area contributed by atoms with E-state index in [0.717, 1.165) is 18.4 Å². The molecule has 0 aliphatic rings. The number of ether oxygens (including phenoxy) is 1. The molecule has 0 aliphatic heterocycles. The Bertz CT molecular complexity index is 413. The molecule has 0 aromatic heterocycles. The molecule has 3 N–H and O–H groups in total. The van der Waals surface area contributed by atoms with Crippen LogP contribution in [0.25, 0.3) is 0 Å². The van der Waals surface area contributed by atoms with Crippen molar-refractivity contribution >= 4 is 23.2 Å². The first kappa shape index (κ1) is 16.6. The number of aryl methyl sites for hydroxylation is 1. The van der Waals surface area contributed by atoms with Gasteiger partial charge in [-0.05, 0) is 37.0 Å². The van der Waals surface area contributed by atoms with E-state index in [1.54, 1.807) is 13.2 Å². The zero-order chi connectivity index (χ0) is 14.4. The van der Waals surface area contributed by atoms with Gasteiger partial charge in [0.25, 0.3) is 0 Å². The summed E-state index contributed by atoms with van der Waals surface area (Å²) < 4.78 is 5.27. The second-order valence-electron chi connectivity index (χ2n) is 4.64. The van der Waals surface area contributed by atoms with Crippen LogP contribution < -0.4 is 10.5 Å². The van der Waals surface area contributed by atoms with E-state index in [4.69, 9.17) is 33.7 Å². The van der Waals surface area contributed by atoms with Gasteiger partial charge in [-0.3, -0.25) is 0 Å². The second-order valence-corrected chi connectivity index (χ2v) is 5.48. The fourth-order valence-electron chi connectivity index (χ4n) is 2.07.